The highest BCUT2D eigenvalue weighted by Crippen LogP contribution is 2.26. The van der Waals surface area contributed by atoms with Crippen LogP contribution in [0.25, 0.3) is 0 Å². The van der Waals surface area contributed by atoms with Gasteiger partial charge in [0.2, 0.25) is 0 Å². The van der Waals surface area contributed by atoms with Crippen LogP contribution in [0.15, 0.2) is 12.1 Å². The van der Waals surface area contributed by atoms with Crippen LogP contribution in [0.1, 0.15) is 11.1 Å². The van der Waals surface area contributed by atoms with E-state index in [4.69, 9.17) is 27.9 Å². The first kappa shape index (κ1) is 9.69. The summed E-state index contributed by atoms with van der Waals surface area (Å²) in [6.45, 7) is 1.94. The Morgan fingerprint density at radius 1 is 1.42 bits per heavy atom. The van der Waals surface area contributed by atoms with Crippen molar-refractivity contribution in [3.05, 3.63) is 28.3 Å². The molecule has 0 unspecified atom stereocenters. The van der Waals surface area contributed by atoms with Crippen molar-refractivity contribution in [2.45, 2.75) is 12.8 Å². The highest BCUT2D eigenvalue weighted by Gasteiger charge is 2.04. The molecule has 0 aliphatic carbocycles. The molecular weight excluding hydrogens is 195 g/mol. The molecule has 3 heteroatoms. The first-order valence-corrected chi connectivity index (χ1v) is 4.49. The van der Waals surface area contributed by atoms with Crippen molar-refractivity contribution in [2.75, 3.05) is 7.11 Å². The third-order valence-corrected chi connectivity index (χ3v) is 2.49. The Labute approximate surface area is 82.2 Å². The fraction of sp³-hybridized carbons (Fsp3) is 0.333. The predicted molar refractivity (Wildman–Crippen MR) is 52.3 cm³/mol. The Morgan fingerprint density at radius 2 is 2.08 bits per heavy atom. The maximum atomic E-state index is 5.94. The summed E-state index contributed by atoms with van der Waals surface area (Å²) < 4.78 is 5.05. The first-order valence-electron chi connectivity index (χ1n) is 3.58. The molecule has 0 heterocycles. The van der Waals surface area contributed by atoms with Crippen LogP contribution in [0.4, 0.5) is 0 Å². The molecule has 0 aromatic heterocycles. The van der Waals surface area contributed by atoms with Gasteiger partial charge in [-0.1, -0.05) is 11.6 Å². The topological polar surface area (TPSA) is 9.23 Å². The normalized spacial score (nSPS) is 10.0. The number of methoxy groups -OCH3 is 1. The van der Waals surface area contributed by atoms with Crippen LogP contribution in [-0.2, 0) is 5.88 Å². The zero-order valence-electron chi connectivity index (χ0n) is 7.03. The second-order valence-corrected chi connectivity index (χ2v) is 3.20. The molecular formula is C9H10Cl2O. The smallest absolute Gasteiger partial charge is 0.120 e. The quantitative estimate of drug-likeness (QED) is 0.672. The fourth-order valence-electron chi connectivity index (χ4n) is 0.965. The molecule has 66 valence electrons. The van der Waals surface area contributed by atoms with E-state index in [2.05, 4.69) is 0 Å². The minimum Gasteiger partial charge on any atom is -0.497 e. The SMILES string of the molecule is COc1cc(Cl)c(C)c(CCl)c1. The Morgan fingerprint density at radius 3 is 2.58 bits per heavy atom. The molecule has 0 aliphatic rings. The lowest BCUT2D eigenvalue weighted by Gasteiger charge is -2.07. The van der Waals surface area contributed by atoms with Gasteiger partial charge in [-0.3, -0.25) is 0 Å². The van der Waals surface area contributed by atoms with Crippen LogP contribution < -0.4 is 4.74 Å². The van der Waals surface area contributed by atoms with E-state index in [-0.39, 0.29) is 0 Å². The molecule has 0 amide bonds. The summed E-state index contributed by atoms with van der Waals surface area (Å²) in [5, 5.41) is 0.699. The summed E-state index contributed by atoms with van der Waals surface area (Å²) in [4.78, 5) is 0. The first-order chi connectivity index (χ1) is 5.69. The summed E-state index contributed by atoms with van der Waals surface area (Å²) in [5.41, 5.74) is 2.04. The zero-order chi connectivity index (χ0) is 9.14. The third kappa shape index (κ3) is 1.85. The monoisotopic (exact) mass is 204 g/mol. The minimum atomic E-state index is 0.461. The van der Waals surface area contributed by atoms with Crippen LogP contribution >= 0.6 is 23.2 Å². The van der Waals surface area contributed by atoms with Crippen molar-refractivity contribution < 1.29 is 4.74 Å². The molecule has 0 saturated heterocycles. The number of benzene rings is 1. The lowest BCUT2D eigenvalue weighted by atomic mass is 10.1. The summed E-state index contributed by atoms with van der Waals surface area (Å²) in [7, 11) is 1.61. The van der Waals surface area contributed by atoms with Gasteiger partial charge in [0.1, 0.15) is 5.75 Å². The van der Waals surface area contributed by atoms with Gasteiger partial charge in [0.05, 0.1) is 7.11 Å². The molecule has 1 rings (SSSR count). The Hall–Kier alpha value is -0.400. The lowest BCUT2D eigenvalue weighted by Crippen LogP contribution is -1.89. The molecule has 0 N–H and O–H groups in total. The van der Waals surface area contributed by atoms with Crippen molar-refractivity contribution in [3.8, 4) is 5.75 Å². The molecule has 0 bridgehead atoms. The van der Waals surface area contributed by atoms with E-state index >= 15 is 0 Å². The maximum Gasteiger partial charge on any atom is 0.120 e. The van der Waals surface area contributed by atoms with Gasteiger partial charge < -0.3 is 4.74 Å². The minimum absolute atomic E-state index is 0.461. The van der Waals surface area contributed by atoms with E-state index < -0.39 is 0 Å². The van der Waals surface area contributed by atoms with Gasteiger partial charge in [-0.2, -0.15) is 0 Å². The fourth-order valence-corrected chi connectivity index (χ4v) is 1.47. The van der Waals surface area contributed by atoms with Gasteiger partial charge in [-0.15, -0.1) is 11.6 Å². The van der Waals surface area contributed by atoms with E-state index in [0.29, 0.717) is 10.9 Å². The number of rotatable bonds is 2. The van der Waals surface area contributed by atoms with Gasteiger partial charge in [-0.05, 0) is 30.2 Å². The Balaban J connectivity index is 3.19. The van der Waals surface area contributed by atoms with E-state index in [9.17, 15) is 0 Å². The molecule has 0 fully saturated rings. The van der Waals surface area contributed by atoms with E-state index in [1.165, 1.54) is 0 Å². The number of alkyl halides is 1. The second kappa shape index (κ2) is 4.01. The van der Waals surface area contributed by atoms with Gasteiger partial charge >= 0.3 is 0 Å². The lowest BCUT2D eigenvalue weighted by molar-refractivity contribution is 0.414. The average molecular weight is 205 g/mol. The summed E-state index contributed by atoms with van der Waals surface area (Å²) >= 11 is 11.7. The highest BCUT2D eigenvalue weighted by atomic mass is 35.5. The summed E-state index contributed by atoms with van der Waals surface area (Å²) in [6.07, 6.45) is 0. The average Bonchev–Trinajstić information content (AvgIpc) is 2.09. The zero-order valence-corrected chi connectivity index (χ0v) is 8.54. The molecule has 1 aromatic rings. The van der Waals surface area contributed by atoms with Crippen LogP contribution in [-0.4, -0.2) is 7.11 Å². The molecule has 0 aliphatic heterocycles. The van der Waals surface area contributed by atoms with Crippen LogP contribution in [0.2, 0.25) is 5.02 Å². The van der Waals surface area contributed by atoms with E-state index in [1.807, 2.05) is 13.0 Å². The predicted octanol–water partition coefficient (Wildman–Crippen LogP) is 3.40. The molecule has 1 nitrogen and oxygen atoms in total. The van der Waals surface area contributed by atoms with Crippen LogP contribution in [0.5, 0.6) is 5.75 Å². The molecule has 0 spiro atoms. The number of halogens is 2. The summed E-state index contributed by atoms with van der Waals surface area (Å²) in [6, 6.07) is 3.68. The number of hydrogen-bond donors (Lipinski definition) is 0. The van der Waals surface area contributed by atoms with Crippen molar-refractivity contribution in [3.63, 3.8) is 0 Å². The molecule has 0 atom stereocenters. The number of hydrogen-bond acceptors (Lipinski definition) is 1. The second-order valence-electron chi connectivity index (χ2n) is 2.53. The van der Waals surface area contributed by atoms with Crippen molar-refractivity contribution >= 4 is 23.2 Å². The number of ether oxygens (including phenoxy) is 1. The van der Waals surface area contributed by atoms with Crippen LogP contribution in [0, 0.1) is 6.92 Å². The van der Waals surface area contributed by atoms with E-state index in [1.54, 1.807) is 13.2 Å². The standard InChI is InChI=1S/C9H10Cl2O/c1-6-7(5-10)3-8(12-2)4-9(6)11/h3-4H,5H2,1-2H3. The van der Waals surface area contributed by atoms with E-state index in [0.717, 1.165) is 16.9 Å². The van der Waals surface area contributed by atoms with Crippen molar-refractivity contribution in [2.24, 2.45) is 0 Å². The van der Waals surface area contributed by atoms with Crippen molar-refractivity contribution in [1.82, 2.24) is 0 Å². The van der Waals surface area contributed by atoms with Gasteiger partial charge in [-0.25, -0.2) is 0 Å². The summed E-state index contributed by atoms with van der Waals surface area (Å²) in [5.74, 6) is 1.21. The molecule has 0 radical (unpaired) electrons. The highest BCUT2D eigenvalue weighted by molar-refractivity contribution is 6.31. The molecule has 0 saturated carbocycles. The van der Waals surface area contributed by atoms with Crippen LogP contribution in [0.3, 0.4) is 0 Å². The van der Waals surface area contributed by atoms with Crippen molar-refractivity contribution in [1.29, 1.82) is 0 Å². The van der Waals surface area contributed by atoms with Gasteiger partial charge in [0.15, 0.2) is 0 Å². The van der Waals surface area contributed by atoms with Gasteiger partial charge in [0, 0.05) is 10.9 Å². The largest absolute Gasteiger partial charge is 0.497 e. The maximum absolute atomic E-state index is 5.94. The molecule has 1 aromatic carbocycles. The Kier molecular flexibility index (Phi) is 3.24. The van der Waals surface area contributed by atoms with Gasteiger partial charge in [0.25, 0.3) is 0 Å². The molecule has 12 heavy (non-hydrogen) atoms. The Bertz CT molecular complexity index is 284. The third-order valence-electron chi connectivity index (χ3n) is 1.81.